The topological polar surface area (TPSA) is 18.5 Å². The van der Waals surface area contributed by atoms with Crippen LogP contribution in [0.3, 0.4) is 0 Å². The number of hydrogen-bond donors (Lipinski definition) is 0. The van der Waals surface area contributed by atoms with Gasteiger partial charge in [0.15, 0.2) is 0 Å². The number of alkyl halides is 3. The molecule has 0 radical (unpaired) electrons. The van der Waals surface area contributed by atoms with Crippen molar-refractivity contribution in [3.8, 4) is 5.75 Å². The molecule has 18 heavy (non-hydrogen) atoms. The van der Waals surface area contributed by atoms with Crippen LogP contribution in [0, 0.1) is 0 Å². The Morgan fingerprint density at radius 2 is 2.00 bits per heavy atom. The van der Waals surface area contributed by atoms with Crippen LogP contribution in [0.2, 0.25) is 0 Å². The van der Waals surface area contributed by atoms with E-state index in [1.165, 1.54) is 7.11 Å². The average Bonchev–Trinajstić information content (AvgIpc) is 2.33. The highest BCUT2D eigenvalue weighted by atomic mass is 32.2. The van der Waals surface area contributed by atoms with Gasteiger partial charge in [0.05, 0.1) is 26.7 Å². The fourth-order valence-electron chi connectivity index (χ4n) is 1.34. The molecule has 0 unspecified atom stereocenters. The van der Waals surface area contributed by atoms with Crippen molar-refractivity contribution >= 4 is 11.8 Å². The number of halogens is 3. The van der Waals surface area contributed by atoms with Crippen molar-refractivity contribution < 1.29 is 22.6 Å². The van der Waals surface area contributed by atoms with E-state index in [1.54, 1.807) is 17.8 Å². The van der Waals surface area contributed by atoms with Crippen molar-refractivity contribution in [3.63, 3.8) is 0 Å². The summed E-state index contributed by atoms with van der Waals surface area (Å²) < 4.78 is 45.9. The molecule has 0 heterocycles. The highest BCUT2D eigenvalue weighted by Crippen LogP contribution is 2.26. The Kier molecular flexibility index (Phi) is 5.81. The Morgan fingerprint density at radius 3 is 2.56 bits per heavy atom. The molecule has 2 nitrogen and oxygen atoms in total. The van der Waals surface area contributed by atoms with E-state index in [2.05, 4.69) is 0 Å². The van der Waals surface area contributed by atoms with Crippen LogP contribution in [0.1, 0.15) is 12.0 Å². The van der Waals surface area contributed by atoms with Crippen LogP contribution in [0.4, 0.5) is 13.2 Å². The summed E-state index contributed by atoms with van der Waals surface area (Å²) in [5, 5.41) is 0. The van der Waals surface area contributed by atoms with E-state index in [0.29, 0.717) is 5.75 Å². The number of benzene rings is 1. The molecular weight excluding hydrogens is 265 g/mol. The van der Waals surface area contributed by atoms with Crippen molar-refractivity contribution in [3.05, 3.63) is 23.8 Å². The SMILES string of the molecule is COc1cc(SC)ccc1COCCC(F)(F)F. The quantitative estimate of drug-likeness (QED) is 0.582. The van der Waals surface area contributed by atoms with Gasteiger partial charge >= 0.3 is 6.18 Å². The average molecular weight is 280 g/mol. The van der Waals surface area contributed by atoms with Gasteiger partial charge in [0.25, 0.3) is 0 Å². The molecule has 0 aromatic heterocycles. The van der Waals surface area contributed by atoms with Crippen molar-refractivity contribution in [2.75, 3.05) is 20.0 Å². The van der Waals surface area contributed by atoms with E-state index >= 15 is 0 Å². The molecule has 0 atom stereocenters. The smallest absolute Gasteiger partial charge is 0.391 e. The monoisotopic (exact) mass is 280 g/mol. The van der Waals surface area contributed by atoms with E-state index in [4.69, 9.17) is 9.47 Å². The molecule has 0 spiro atoms. The van der Waals surface area contributed by atoms with Crippen LogP contribution in [-0.4, -0.2) is 26.1 Å². The predicted octanol–water partition coefficient (Wildman–Crippen LogP) is 3.89. The first-order valence-corrected chi connectivity index (χ1v) is 6.54. The van der Waals surface area contributed by atoms with Gasteiger partial charge < -0.3 is 9.47 Å². The summed E-state index contributed by atoms with van der Waals surface area (Å²) in [7, 11) is 1.53. The molecule has 6 heteroatoms. The zero-order valence-corrected chi connectivity index (χ0v) is 11.0. The lowest BCUT2D eigenvalue weighted by atomic mass is 10.2. The predicted molar refractivity (Wildman–Crippen MR) is 65.1 cm³/mol. The lowest BCUT2D eigenvalue weighted by molar-refractivity contribution is -0.146. The number of ether oxygens (including phenoxy) is 2. The number of methoxy groups -OCH3 is 1. The standard InChI is InChI=1S/C12H15F3O2S/c1-16-11-7-10(18-2)4-3-9(11)8-17-6-5-12(13,14)15/h3-4,7H,5-6,8H2,1-2H3. The third kappa shape index (κ3) is 5.18. The normalized spacial score (nSPS) is 11.6. The lowest BCUT2D eigenvalue weighted by Gasteiger charge is -2.11. The molecule has 0 saturated carbocycles. The largest absolute Gasteiger partial charge is 0.496 e. The Balaban J connectivity index is 2.51. The van der Waals surface area contributed by atoms with Crippen molar-refractivity contribution in [1.82, 2.24) is 0 Å². The van der Waals surface area contributed by atoms with Crippen LogP contribution < -0.4 is 4.74 Å². The summed E-state index contributed by atoms with van der Waals surface area (Å²) in [5.41, 5.74) is 0.748. The molecule has 0 aliphatic heterocycles. The van der Waals surface area contributed by atoms with E-state index in [1.807, 2.05) is 18.4 Å². The van der Waals surface area contributed by atoms with Crippen LogP contribution in [0.15, 0.2) is 23.1 Å². The molecule has 0 aliphatic carbocycles. The minimum atomic E-state index is -4.17. The van der Waals surface area contributed by atoms with Crippen LogP contribution in [-0.2, 0) is 11.3 Å². The molecule has 0 N–H and O–H groups in total. The van der Waals surface area contributed by atoms with Crippen LogP contribution >= 0.6 is 11.8 Å². The zero-order valence-electron chi connectivity index (χ0n) is 10.2. The molecule has 0 fully saturated rings. The number of thioether (sulfide) groups is 1. The maximum absolute atomic E-state index is 11.9. The Bertz CT molecular complexity index is 380. The van der Waals surface area contributed by atoms with E-state index in [-0.39, 0.29) is 13.2 Å². The molecule has 1 aromatic carbocycles. The molecule has 0 saturated heterocycles. The molecule has 0 bridgehead atoms. The fourth-order valence-corrected chi connectivity index (χ4v) is 1.77. The Morgan fingerprint density at radius 1 is 1.28 bits per heavy atom. The van der Waals surface area contributed by atoms with Gasteiger partial charge in [0.2, 0.25) is 0 Å². The van der Waals surface area contributed by atoms with E-state index < -0.39 is 12.6 Å². The van der Waals surface area contributed by atoms with Gasteiger partial charge in [-0.25, -0.2) is 0 Å². The second-order valence-corrected chi connectivity index (χ2v) is 4.48. The van der Waals surface area contributed by atoms with Crippen molar-refractivity contribution in [2.45, 2.75) is 24.1 Å². The fraction of sp³-hybridized carbons (Fsp3) is 0.500. The first kappa shape index (κ1) is 15.2. The van der Waals surface area contributed by atoms with Gasteiger partial charge in [0.1, 0.15) is 5.75 Å². The van der Waals surface area contributed by atoms with Crippen LogP contribution in [0.25, 0.3) is 0 Å². The van der Waals surface area contributed by atoms with Crippen LogP contribution in [0.5, 0.6) is 5.75 Å². The number of rotatable bonds is 6. The molecule has 1 rings (SSSR count). The summed E-state index contributed by atoms with van der Waals surface area (Å²) in [4.78, 5) is 1.03. The minimum Gasteiger partial charge on any atom is -0.496 e. The van der Waals surface area contributed by atoms with E-state index in [0.717, 1.165) is 10.5 Å². The van der Waals surface area contributed by atoms with Gasteiger partial charge in [0, 0.05) is 10.5 Å². The first-order valence-electron chi connectivity index (χ1n) is 5.31. The summed E-state index contributed by atoms with van der Waals surface area (Å²) in [5.74, 6) is 0.633. The highest BCUT2D eigenvalue weighted by molar-refractivity contribution is 7.98. The van der Waals surface area contributed by atoms with Gasteiger partial charge in [-0.1, -0.05) is 6.07 Å². The maximum Gasteiger partial charge on any atom is 0.391 e. The third-order valence-corrected chi connectivity index (χ3v) is 3.01. The molecule has 102 valence electrons. The van der Waals surface area contributed by atoms with Gasteiger partial charge in [-0.15, -0.1) is 11.8 Å². The first-order chi connectivity index (χ1) is 8.46. The summed E-state index contributed by atoms with van der Waals surface area (Å²) in [6.45, 7) is -0.217. The zero-order chi connectivity index (χ0) is 13.6. The van der Waals surface area contributed by atoms with Gasteiger partial charge in [-0.3, -0.25) is 0 Å². The molecule has 1 aromatic rings. The lowest BCUT2D eigenvalue weighted by Crippen LogP contribution is -2.11. The molecule has 0 aliphatic rings. The summed E-state index contributed by atoms with van der Waals surface area (Å²) in [6.07, 6.45) is -3.17. The molecule has 0 amide bonds. The number of hydrogen-bond acceptors (Lipinski definition) is 3. The maximum atomic E-state index is 11.9. The van der Waals surface area contributed by atoms with Crippen molar-refractivity contribution in [1.29, 1.82) is 0 Å². The molecular formula is C12H15F3O2S. The second-order valence-electron chi connectivity index (χ2n) is 3.60. The highest BCUT2D eigenvalue weighted by Gasteiger charge is 2.26. The summed E-state index contributed by atoms with van der Waals surface area (Å²) >= 11 is 1.57. The van der Waals surface area contributed by atoms with Gasteiger partial charge in [-0.2, -0.15) is 13.2 Å². The van der Waals surface area contributed by atoms with Crippen molar-refractivity contribution in [2.24, 2.45) is 0 Å². The minimum absolute atomic E-state index is 0.119. The summed E-state index contributed by atoms with van der Waals surface area (Å²) in [6, 6.07) is 5.53. The Labute approximate surface area is 108 Å². The van der Waals surface area contributed by atoms with Gasteiger partial charge in [-0.05, 0) is 18.4 Å². The van der Waals surface area contributed by atoms with E-state index in [9.17, 15) is 13.2 Å². The third-order valence-electron chi connectivity index (χ3n) is 2.28. The second kappa shape index (κ2) is 6.89. The Hall–Kier alpha value is -0.880.